The number of halogens is 1. The Balaban J connectivity index is 2.05. The van der Waals surface area contributed by atoms with Gasteiger partial charge in [0.2, 0.25) is 0 Å². The first kappa shape index (κ1) is 14.0. The summed E-state index contributed by atoms with van der Waals surface area (Å²) in [4.78, 5) is 27.6. The van der Waals surface area contributed by atoms with Gasteiger partial charge in [-0.05, 0) is 42.9 Å². The number of imide groups is 1. The number of amides is 3. The van der Waals surface area contributed by atoms with E-state index in [0.29, 0.717) is 18.5 Å². The third kappa shape index (κ3) is 2.11. The van der Waals surface area contributed by atoms with Crippen molar-refractivity contribution >= 4 is 11.9 Å². The molecule has 0 N–H and O–H groups in total. The minimum Gasteiger partial charge on any atom is -0.315 e. The topological polar surface area (TPSA) is 40.6 Å². The van der Waals surface area contributed by atoms with Gasteiger partial charge in [0, 0.05) is 6.54 Å². The van der Waals surface area contributed by atoms with Crippen LogP contribution in [0.2, 0.25) is 0 Å². The van der Waals surface area contributed by atoms with Crippen LogP contribution in [0, 0.1) is 11.7 Å². The Morgan fingerprint density at radius 1 is 1.33 bits per heavy atom. The van der Waals surface area contributed by atoms with Gasteiger partial charge >= 0.3 is 6.03 Å². The molecule has 0 radical (unpaired) electrons. The van der Waals surface area contributed by atoms with Gasteiger partial charge in [0.05, 0.1) is 6.04 Å². The number of hydrogen-bond acceptors (Lipinski definition) is 2. The summed E-state index contributed by atoms with van der Waals surface area (Å²) in [5.41, 5.74) is 1.43. The number of nitrogens with zero attached hydrogens (tertiary/aromatic N) is 2. The monoisotopic (exact) mass is 290 g/mol. The van der Waals surface area contributed by atoms with Crippen molar-refractivity contribution in [3.63, 3.8) is 0 Å². The van der Waals surface area contributed by atoms with Gasteiger partial charge in [-0.2, -0.15) is 0 Å². The average Bonchev–Trinajstić information content (AvgIpc) is 2.74. The van der Waals surface area contributed by atoms with Crippen LogP contribution < -0.4 is 0 Å². The maximum absolute atomic E-state index is 14.0. The van der Waals surface area contributed by atoms with Gasteiger partial charge < -0.3 is 4.90 Å². The second-order valence-corrected chi connectivity index (χ2v) is 5.83. The number of urea groups is 1. The van der Waals surface area contributed by atoms with Gasteiger partial charge in [0.1, 0.15) is 12.4 Å². The zero-order valence-corrected chi connectivity index (χ0v) is 12.3. The molecule has 112 valence electrons. The number of benzene rings is 1. The van der Waals surface area contributed by atoms with Gasteiger partial charge in [-0.25, -0.2) is 9.18 Å². The van der Waals surface area contributed by atoms with Crippen LogP contribution >= 0.6 is 0 Å². The number of hydrogen-bond donors (Lipinski definition) is 0. The van der Waals surface area contributed by atoms with Gasteiger partial charge in [-0.1, -0.05) is 19.1 Å². The molecule has 0 saturated carbocycles. The van der Waals surface area contributed by atoms with Gasteiger partial charge in [-0.15, -0.1) is 0 Å². The smallest absolute Gasteiger partial charge is 0.315 e. The minimum atomic E-state index is -0.346. The van der Waals surface area contributed by atoms with E-state index in [1.165, 1.54) is 15.9 Å². The number of rotatable bonds is 2. The minimum absolute atomic E-state index is 0.128. The first-order valence-electron chi connectivity index (χ1n) is 7.42. The zero-order valence-electron chi connectivity index (χ0n) is 12.3. The van der Waals surface area contributed by atoms with Crippen molar-refractivity contribution in [1.82, 2.24) is 9.80 Å². The molecule has 2 aliphatic rings. The van der Waals surface area contributed by atoms with Crippen molar-refractivity contribution in [3.8, 4) is 0 Å². The Kier molecular flexibility index (Phi) is 3.43. The van der Waals surface area contributed by atoms with E-state index in [0.717, 1.165) is 12.0 Å². The Bertz CT molecular complexity index is 602. The molecule has 1 heterocycles. The van der Waals surface area contributed by atoms with E-state index >= 15 is 0 Å². The quantitative estimate of drug-likeness (QED) is 0.786. The highest BCUT2D eigenvalue weighted by Crippen LogP contribution is 2.41. The fourth-order valence-electron chi connectivity index (χ4n) is 3.43. The molecule has 0 unspecified atom stereocenters. The molecule has 1 aromatic carbocycles. The van der Waals surface area contributed by atoms with Gasteiger partial charge in [-0.3, -0.25) is 9.69 Å². The lowest BCUT2D eigenvalue weighted by Gasteiger charge is -2.36. The first-order valence-corrected chi connectivity index (χ1v) is 7.42. The molecule has 5 heteroatoms. The highest BCUT2D eigenvalue weighted by molar-refractivity contribution is 6.02. The predicted octanol–water partition coefficient (Wildman–Crippen LogP) is 2.73. The molecular weight excluding hydrogens is 271 g/mol. The van der Waals surface area contributed by atoms with E-state index in [1.54, 1.807) is 6.07 Å². The molecule has 3 rings (SSSR count). The van der Waals surface area contributed by atoms with Crippen molar-refractivity contribution in [2.45, 2.75) is 32.7 Å². The number of fused-ring (bicyclic) bond motifs is 1. The fourth-order valence-corrected chi connectivity index (χ4v) is 3.43. The van der Waals surface area contributed by atoms with Crippen molar-refractivity contribution in [1.29, 1.82) is 0 Å². The van der Waals surface area contributed by atoms with Crippen LogP contribution in [0.25, 0.3) is 0 Å². The largest absolute Gasteiger partial charge is 0.327 e. The molecule has 3 amide bonds. The van der Waals surface area contributed by atoms with E-state index in [2.05, 4.69) is 0 Å². The summed E-state index contributed by atoms with van der Waals surface area (Å²) < 4.78 is 14.0. The van der Waals surface area contributed by atoms with Crippen LogP contribution in [0.5, 0.6) is 0 Å². The summed E-state index contributed by atoms with van der Waals surface area (Å²) in [6.45, 7) is 4.52. The molecule has 1 aliphatic carbocycles. The Morgan fingerprint density at radius 2 is 2.10 bits per heavy atom. The van der Waals surface area contributed by atoms with Crippen LogP contribution in [-0.2, 0) is 11.2 Å². The number of carbonyl (C=O) groups excluding carboxylic acids is 2. The maximum Gasteiger partial charge on any atom is 0.327 e. The van der Waals surface area contributed by atoms with Gasteiger partial charge in [0.25, 0.3) is 5.91 Å². The summed E-state index contributed by atoms with van der Waals surface area (Å²) in [5.74, 6) is -0.282. The van der Waals surface area contributed by atoms with Crippen molar-refractivity contribution in [2.75, 3.05) is 13.1 Å². The van der Waals surface area contributed by atoms with E-state index in [1.807, 2.05) is 19.9 Å². The lowest BCUT2D eigenvalue weighted by Crippen LogP contribution is -2.41. The van der Waals surface area contributed by atoms with Crippen LogP contribution in [0.3, 0.4) is 0 Å². The molecule has 0 bridgehead atoms. The molecule has 1 fully saturated rings. The molecule has 1 aliphatic heterocycles. The molecule has 0 aromatic heterocycles. The SMILES string of the molecule is CCN1CC(=O)N([C@@H]2c3cccc(F)c3CC[C@@H]2C)C1=O. The molecular formula is C16H19FN2O2. The van der Waals surface area contributed by atoms with E-state index < -0.39 is 0 Å². The summed E-state index contributed by atoms with van der Waals surface area (Å²) in [6.07, 6.45) is 1.44. The number of likely N-dealkylation sites (N-methyl/N-ethyl adjacent to an activating group) is 1. The third-order valence-corrected chi connectivity index (χ3v) is 4.59. The first-order chi connectivity index (χ1) is 10.0. The molecule has 1 saturated heterocycles. The predicted molar refractivity (Wildman–Crippen MR) is 76.1 cm³/mol. The lowest BCUT2D eigenvalue weighted by atomic mass is 9.79. The van der Waals surface area contributed by atoms with Crippen LogP contribution in [0.1, 0.15) is 37.4 Å². The standard InChI is InChI=1S/C16H19FN2O2/c1-3-18-9-14(20)19(16(18)21)15-10(2)7-8-11-12(15)5-4-6-13(11)17/h4-6,10,15H,3,7-9H2,1-2H3/t10-,15-/m0/s1. The molecule has 4 nitrogen and oxygen atoms in total. The second kappa shape index (κ2) is 5.13. The second-order valence-electron chi connectivity index (χ2n) is 5.83. The molecule has 1 aromatic rings. The summed E-state index contributed by atoms with van der Waals surface area (Å²) in [7, 11) is 0. The van der Waals surface area contributed by atoms with E-state index in [4.69, 9.17) is 0 Å². The van der Waals surface area contributed by atoms with Gasteiger partial charge in [0.15, 0.2) is 0 Å². The molecule has 21 heavy (non-hydrogen) atoms. The Morgan fingerprint density at radius 3 is 2.76 bits per heavy atom. The Labute approximate surface area is 123 Å². The summed E-state index contributed by atoms with van der Waals surface area (Å²) in [6, 6.07) is 4.34. The fraction of sp³-hybridized carbons (Fsp3) is 0.500. The highest BCUT2D eigenvalue weighted by Gasteiger charge is 2.44. The van der Waals surface area contributed by atoms with Crippen LogP contribution in [0.15, 0.2) is 18.2 Å². The third-order valence-electron chi connectivity index (χ3n) is 4.59. The van der Waals surface area contributed by atoms with Crippen molar-refractivity contribution in [2.24, 2.45) is 5.92 Å². The highest BCUT2D eigenvalue weighted by atomic mass is 19.1. The average molecular weight is 290 g/mol. The lowest BCUT2D eigenvalue weighted by molar-refractivity contribution is -0.127. The van der Waals surface area contributed by atoms with Crippen molar-refractivity contribution in [3.05, 3.63) is 35.1 Å². The maximum atomic E-state index is 14.0. The summed E-state index contributed by atoms with van der Waals surface area (Å²) >= 11 is 0. The van der Waals surface area contributed by atoms with E-state index in [9.17, 15) is 14.0 Å². The van der Waals surface area contributed by atoms with Crippen LogP contribution in [0.4, 0.5) is 9.18 Å². The van der Waals surface area contributed by atoms with Crippen molar-refractivity contribution < 1.29 is 14.0 Å². The molecule has 0 spiro atoms. The number of carbonyl (C=O) groups is 2. The molecule has 2 atom stereocenters. The zero-order chi connectivity index (χ0) is 15.1. The van der Waals surface area contributed by atoms with E-state index in [-0.39, 0.29) is 36.3 Å². The normalized spacial score (nSPS) is 25.5. The summed E-state index contributed by atoms with van der Waals surface area (Å²) in [5, 5.41) is 0. The van der Waals surface area contributed by atoms with Crippen LogP contribution in [-0.4, -0.2) is 34.8 Å². The Hall–Kier alpha value is -1.91.